The van der Waals surface area contributed by atoms with E-state index in [0.717, 1.165) is 0 Å². The normalized spacial score (nSPS) is 11.0. The molecule has 2 aromatic rings. The van der Waals surface area contributed by atoms with Gasteiger partial charge in [0.1, 0.15) is 0 Å². The SMILES string of the molecule is C/C(=N\NC(=O)c1ccc([N+](=O)[O-])c(C)c1)c1cccc([N+](=O)[O-])c1. The number of amides is 1. The van der Waals surface area contributed by atoms with Crippen LogP contribution in [0.1, 0.15) is 28.4 Å². The van der Waals surface area contributed by atoms with Crippen LogP contribution in [0.4, 0.5) is 11.4 Å². The maximum Gasteiger partial charge on any atom is 0.272 e. The molecule has 0 aliphatic rings. The number of nitrogens with one attached hydrogen (secondary N) is 1. The lowest BCUT2D eigenvalue weighted by Crippen LogP contribution is -2.19. The Hall–Kier alpha value is -3.62. The third-order valence-electron chi connectivity index (χ3n) is 3.46. The largest absolute Gasteiger partial charge is 0.272 e. The van der Waals surface area contributed by atoms with Crippen molar-refractivity contribution in [3.63, 3.8) is 0 Å². The Morgan fingerprint density at radius 2 is 1.76 bits per heavy atom. The van der Waals surface area contributed by atoms with E-state index >= 15 is 0 Å². The number of hydrogen-bond acceptors (Lipinski definition) is 6. The monoisotopic (exact) mass is 342 g/mol. The van der Waals surface area contributed by atoms with Crippen LogP contribution in [0.15, 0.2) is 47.6 Å². The van der Waals surface area contributed by atoms with Crippen molar-refractivity contribution < 1.29 is 14.6 Å². The number of non-ortho nitro benzene ring substituents is 1. The minimum Gasteiger partial charge on any atom is -0.267 e. The number of nitrogens with zero attached hydrogens (tertiary/aromatic N) is 3. The summed E-state index contributed by atoms with van der Waals surface area (Å²) in [4.78, 5) is 32.6. The number of carbonyl (C=O) groups excluding carboxylic acids is 1. The van der Waals surface area contributed by atoms with Gasteiger partial charge in [-0.2, -0.15) is 5.10 Å². The Labute approximate surface area is 142 Å². The number of hydrazone groups is 1. The summed E-state index contributed by atoms with van der Waals surface area (Å²) in [6.07, 6.45) is 0. The van der Waals surface area contributed by atoms with E-state index in [1.807, 2.05) is 0 Å². The fourth-order valence-corrected chi connectivity index (χ4v) is 2.11. The second-order valence-electron chi connectivity index (χ2n) is 5.20. The molecule has 9 nitrogen and oxygen atoms in total. The molecule has 2 rings (SSSR count). The lowest BCUT2D eigenvalue weighted by Gasteiger charge is -2.04. The molecule has 0 heterocycles. The Bertz CT molecular complexity index is 892. The van der Waals surface area contributed by atoms with Gasteiger partial charge in [-0.1, -0.05) is 12.1 Å². The standard InChI is InChI=1S/C16H14N4O5/c1-10-8-13(6-7-15(10)20(24)25)16(21)18-17-11(2)12-4-3-5-14(9-12)19(22)23/h3-9H,1-2H3,(H,18,21)/b17-11+. The van der Waals surface area contributed by atoms with Crippen LogP contribution in [0.25, 0.3) is 0 Å². The molecule has 0 radical (unpaired) electrons. The van der Waals surface area contributed by atoms with Crippen LogP contribution < -0.4 is 5.43 Å². The Morgan fingerprint density at radius 1 is 1.04 bits per heavy atom. The third kappa shape index (κ3) is 4.22. The van der Waals surface area contributed by atoms with Crippen molar-refractivity contribution in [1.29, 1.82) is 0 Å². The van der Waals surface area contributed by atoms with Crippen molar-refractivity contribution in [3.8, 4) is 0 Å². The number of nitro benzene ring substituents is 2. The molecule has 128 valence electrons. The second kappa shape index (κ2) is 7.30. The molecule has 0 aromatic heterocycles. The molecule has 1 N–H and O–H groups in total. The number of carbonyl (C=O) groups is 1. The van der Waals surface area contributed by atoms with Gasteiger partial charge in [0.2, 0.25) is 0 Å². The van der Waals surface area contributed by atoms with Crippen molar-refractivity contribution in [2.24, 2.45) is 5.10 Å². The predicted octanol–water partition coefficient (Wildman–Crippen LogP) is 2.97. The number of benzene rings is 2. The molecule has 0 aliphatic heterocycles. The van der Waals surface area contributed by atoms with Crippen molar-refractivity contribution in [2.75, 3.05) is 0 Å². The van der Waals surface area contributed by atoms with Crippen LogP contribution in [-0.4, -0.2) is 21.5 Å². The number of rotatable bonds is 5. The molecule has 0 atom stereocenters. The minimum atomic E-state index is -0.539. The molecule has 9 heteroatoms. The highest BCUT2D eigenvalue weighted by Gasteiger charge is 2.14. The van der Waals surface area contributed by atoms with Gasteiger partial charge in [-0.15, -0.1) is 0 Å². The Balaban J connectivity index is 2.16. The molecule has 0 spiro atoms. The zero-order valence-corrected chi connectivity index (χ0v) is 13.4. The molecule has 0 aliphatic carbocycles. The van der Waals surface area contributed by atoms with E-state index in [4.69, 9.17) is 0 Å². The van der Waals surface area contributed by atoms with Gasteiger partial charge in [0.05, 0.1) is 15.6 Å². The van der Waals surface area contributed by atoms with Crippen molar-refractivity contribution in [2.45, 2.75) is 13.8 Å². The molecular weight excluding hydrogens is 328 g/mol. The second-order valence-corrected chi connectivity index (χ2v) is 5.20. The fourth-order valence-electron chi connectivity index (χ4n) is 2.11. The topological polar surface area (TPSA) is 128 Å². The lowest BCUT2D eigenvalue weighted by molar-refractivity contribution is -0.385. The summed E-state index contributed by atoms with van der Waals surface area (Å²) in [5, 5.41) is 25.5. The van der Waals surface area contributed by atoms with Crippen LogP contribution in [0.3, 0.4) is 0 Å². The van der Waals surface area contributed by atoms with Gasteiger partial charge in [-0.05, 0) is 26.0 Å². The van der Waals surface area contributed by atoms with Gasteiger partial charge in [0, 0.05) is 34.9 Å². The first-order valence-electron chi connectivity index (χ1n) is 7.14. The fraction of sp³-hybridized carbons (Fsp3) is 0.125. The number of aryl methyl sites for hydroxylation is 1. The molecule has 2 aromatic carbocycles. The number of nitro groups is 2. The van der Waals surface area contributed by atoms with E-state index in [9.17, 15) is 25.0 Å². The molecule has 0 saturated carbocycles. The van der Waals surface area contributed by atoms with Gasteiger partial charge < -0.3 is 0 Å². The summed E-state index contributed by atoms with van der Waals surface area (Å²) >= 11 is 0. The maximum absolute atomic E-state index is 12.1. The maximum atomic E-state index is 12.1. The zero-order valence-electron chi connectivity index (χ0n) is 13.4. The summed E-state index contributed by atoms with van der Waals surface area (Å²) in [6, 6.07) is 9.84. The highest BCUT2D eigenvalue weighted by Crippen LogP contribution is 2.19. The summed E-state index contributed by atoms with van der Waals surface area (Å²) in [6.45, 7) is 3.13. The van der Waals surface area contributed by atoms with Crippen LogP contribution in [0.2, 0.25) is 0 Å². The van der Waals surface area contributed by atoms with Crippen molar-refractivity contribution in [1.82, 2.24) is 5.43 Å². The van der Waals surface area contributed by atoms with Gasteiger partial charge in [-0.3, -0.25) is 25.0 Å². The average molecular weight is 342 g/mol. The molecule has 0 saturated heterocycles. The Morgan fingerprint density at radius 3 is 2.36 bits per heavy atom. The van der Waals surface area contributed by atoms with Crippen LogP contribution >= 0.6 is 0 Å². The van der Waals surface area contributed by atoms with Crippen molar-refractivity contribution >= 4 is 23.0 Å². The zero-order chi connectivity index (χ0) is 18.6. The van der Waals surface area contributed by atoms with E-state index in [0.29, 0.717) is 16.8 Å². The molecule has 25 heavy (non-hydrogen) atoms. The lowest BCUT2D eigenvalue weighted by atomic mass is 10.1. The first-order chi connectivity index (χ1) is 11.8. The predicted molar refractivity (Wildman–Crippen MR) is 90.6 cm³/mol. The molecule has 0 bridgehead atoms. The molecule has 1 amide bonds. The van der Waals surface area contributed by atoms with Crippen LogP contribution in [0.5, 0.6) is 0 Å². The minimum absolute atomic E-state index is 0.0761. The smallest absolute Gasteiger partial charge is 0.267 e. The van der Waals surface area contributed by atoms with Crippen molar-refractivity contribution in [3.05, 3.63) is 79.4 Å². The van der Waals surface area contributed by atoms with Gasteiger partial charge in [0.15, 0.2) is 0 Å². The van der Waals surface area contributed by atoms with Gasteiger partial charge in [-0.25, -0.2) is 5.43 Å². The quantitative estimate of drug-likeness (QED) is 0.507. The van der Waals surface area contributed by atoms with E-state index in [1.165, 1.54) is 43.3 Å². The summed E-state index contributed by atoms with van der Waals surface area (Å²) in [5.74, 6) is -0.539. The van der Waals surface area contributed by atoms with Crippen LogP contribution in [-0.2, 0) is 0 Å². The Kier molecular flexibility index (Phi) is 5.18. The van der Waals surface area contributed by atoms with E-state index in [1.54, 1.807) is 13.0 Å². The van der Waals surface area contributed by atoms with E-state index in [2.05, 4.69) is 10.5 Å². The highest BCUT2D eigenvalue weighted by atomic mass is 16.6. The van der Waals surface area contributed by atoms with Gasteiger partial charge >= 0.3 is 0 Å². The molecule has 0 fully saturated rings. The molecule has 0 unspecified atom stereocenters. The van der Waals surface area contributed by atoms with E-state index < -0.39 is 15.8 Å². The summed E-state index contributed by atoms with van der Waals surface area (Å²) in [5.41, 5.74) is 3.63. The number of hydrogen-bond donors (Lipinski definition) is 1. The molecular formula is C16H14N4O5. The van der Waals surface area contributed by atoms with Gasteiger partial charge in [0.25, 0.3) is 17.3 Å². The summed E-state index contributed by atoms with van der Waals surface area (Å²) in [7, 11) is 0. The summed E-state index contributed by atoms with van der Waals surface area (Å²) < 4.78 is 0. The average Bonchev–Trinajstić information content (AvgIpc) is 2.58. The van der Waals surface area contributed by atoms with E-state index in [-0.39, 0.29) is 16.9 Å². The highest BCUT2D eigenvalue weighted by molar-refractivity contribution is 6.01. The first kappa shape index (κ1) is 17.7. The van der Waals surface area contributed by atoms with Crippen LogP contribution in [0, 0.1) is 27.2 Å². The first-order valence-corrected chi connectivity index (χ1v) is 7.14. The third-order valence-corrected chi connectivity index (χ3v) is 3.46.